The molecule has 5 nitrogen and oxygen atoms in total. The average Bonchev–Trinajstić information content (AvgIpc) is 2.63. The van der Waals surface area contributed by atoms with Crippen molar-refractivity contribution in [3.8, 4) is 0 Å². The third-order valence-electron chi connectivity index (χ3n) is 3.87. The van der Waals surface area contributed by atoms with Gasteiger partial charge in [0.25, 0.3) is 0 Å². The molecule has 2 saturated heterocycles. The first-order valence-corrected chi connectivity index (χ1v) is 5.49. The summed E-state index contributed by atoms with van der Waals surface area (Å²) in [7, 11) is 0. The first kappa shape index (κ1) is 9.84. The molecule has 0 saturated carbocycles. The van der Waals surface area contributed by atoms with Crippen LogP contribution in [0.15, 0.2) is 12.2 Å². The Labute approximate surface area is 92.7 Å². The van der Waals surface area contributed by atoms with Gasteiger partial charge in [0, 0.05) is 18.9 Å². The summed E-state index contributed by atoms with van der Waals surface area (Å²) in [6.07, 6.45) is 3.62. The van der Waals surface area contributed by atoms with Crippen molar-refractivity contribution in [1.82, 2.24) is 4.90 Å². The van der Waals surface area contributed by atoms with Crippen LogP contribution in [0.3, 0.4) is 0 Å². The second-order valence-corrected chi connectivity index (χ2v) is 4.66. The lowest BCUT2D eigenvalue weighted by molar-refractivity contribution is -0.123. The van der Waals surface area contributed by atoms with Crippen LogP contribution in [0.5, 0.6) is 0 Å². The molecule has 1 N–H and O–H groups in total. The molecule has 2 heterocycles. The van der Waals surface area contributed by atoms with E-state index >= 15 is 0 Å². The van der Waals surface area contributed by atoms with Crippen LogP contribution in [0.25, 0.3) is 0 Å². The van der Waals surface area contributed by atoms with Gasteiger partial charge in [-0.05, 0) is 18.6 Å². The maximum Gasteiger partial charge on any atom is 0.410 e. The number of rotatable bonds is 0. The van der Waals surface area contributed by atoms with Crippen molar-refractivity contribution in [3.63, 3.8) is 0 Å². The fourth-order valence-electron chi connectivity index (χ4n) is 2.93. The number of allylic oxidation sites excluding steroid dienone is 1. The van der Waals surface area contributed by atoms with E-state index in [9.17, 15) is 14.7 Å². The summed E-state index contributed by atoms with van der Waals surface area (Å²) in [6, 6.07) is -0.330. The van der Waals surface area contributed by atoms with Crippen molar-refractivity contribution in [1.29, 1.82) is 0 Å². The van der Waals surface area contributed by atoms with Crippen molar-refractivity contribution in [2.75, 3.05) is 13.2 Å². The molecule has 3 rings (SSSR count). The van der Waals surface area contributed by atoms with Gasteiger partial charge in [0.05, 0.1) is 0 Å². The number of fused-ring (bicyclic) bond motifs is 3. The first-order chi connectivity index (χ1) is 7.61. The van der Waals surface area contributed by atoms with E-state index in [1.165, 1.54) is 6.08 Å². The number of hydrogen-bond acceptors (Lipinski definition) is 4. The Morgan fingerprint density at radius 1 is 1.50 bits per heavy atom. The standard InChI is InChI=1S/C11H13NO4/c13-8-1-3-11(15)7(5-8)2-4-12-9(11)6-16-10(12)14/h1,3,7,9,15H,2,4-6H2/t7-,9-,11+/m1/s1. The number of carbonyl (C=O) groups excluding carboxylic acids is 2. The largest absolute Gasteiger partial charge is 0.447 e. The maximum absolute atomic E-state index is 11.4. The van der Waals surface area contributed by atoms with Crippen molar-refractivity contribution >= 4 is 11.9 Å². The molecule has 0 radical (unpaired) electrons. The van der Waals surface area contributed by atoms with E-state index in [1.807, 2.05) is 0 Å². The summed E-state index contributed by atoms with van der Waals surface area (Å²) in [5.41, 5.74) is -1.08. The van der Waals surface area contributed by atoms with Gasteiger partial charge in [0.2, 0.25) is 0 Å². The van der Waals surface area contributed by atoms with E-state index in [1.54, 1.807) is 11.0 Å². The number of carbonyl (C=O) groups is 2. The minimum atomic E-state index is -1.08. The van der Waals surface area contributed by atoms with Gasteiger partial charge in [-0.25, -0.2) is 4.79 Å². The monoisotopic (exact) mass is 223 g/mol. The summed E-state index contributed by atoms with van der Waals surface area (Å²) < 4.78 is 4.95. The predicted molar refractivity (Wildman–Crippen MR) is 53.7 cm³/mol. The highest BCUT2D eigenvalue weighted by Gasteiger charge is 2.54. The van der Waals surface area contributed by atoms with Crippen molar-refractivity contribution in [2.45, 2.75) is 24.5 Å². The fraction of sp³-hybridized carbons (Fsp3) is 0.636. The number of piperidine rings is 1. The molecule has 0 aromatic carbocycles. The second-order valence-electron chi connectivity index (χ2n) is 4.66. The average molecular weight is 223 g/mol. The van der Waals surface area contributed by atoms with Gasteiger partial charge in [-0.1, -0.05) is 0 Å². The van der Waals surface area contributed by atoms with Crippen LogP contribution < -0.4 is 0 Å². The van der Waals surface area contributed by atoms with E-state index in [4.69, 9.17) is 4.74 Å². The van der Waals surface area contributed by atoms with Crippen LogP contribution >= 0.6 is 0 Å². The van der Waals surface area contributed by atoms with Gasteiger partial charge >= 0.3 is 6.09 Å². The van der Waals surface area contributed by atoms with Gasteiger partial charge in [-0.3, -0.25) is 9.69 Å². The smallest absolute Gasteiger partial charge is 0.410 e. The van der Waals surface area contributed by atoms with Gasteiger partial charge in [0.1, 0.15) is 18.2 Å². The molecular formula is C11H13NO4. The quantitative estimate of drug-likeness (QED) is 0.632. The van der Waals surface area contributed by atoms with Crippen LogP contribution in [-0.2, 0) is 9.53 Å². The molecule has 1 aliphatic carbocycles. The van der Waals surface area contributed by atoms with E-state index in [0.29, 0.717) is 19.4 Å². The molecule has 3 aliphatic rings. The third-order valence-corrected chi connectivity index (χ3v) is 3.87. The Kier molecular flexibility index (Phi) is 1.89. The lowest BCUT2D eigenvalue weighted by Crippen LogP contribution is -2.60. The van der Waals surface area contributed by atoms with Gasteiger partial charge in [-0.2, -0.15) is 0 Å². The number of ether oxygens (including phenoxy) is 1. The number of hydrogen-bond donors (Lipinski definition) is 1. The molecule has 0 aromatic rings. The molecule has 0 spiro atoms. The number of cyclic esters (lactones) is 1. The van der Waals surface area contributed by atoms with Crippen molar-refractivity contribution in [3.05, 3.63) is 12.2 Å². The van der Waals surface area contributed by atoms with Gasteiger partial charge < -0.3 is 9.84 Å². The van der Waals surface area contributed by atoms with E-state index in [-0.39, 0.29) is 30.4 Å². The molecule has 2 aliphatic heterocycles. The summed E-state index contributed by atoms with van der Waals surface area (Å²) in [5.74, 6) is -0.0332. The van der Waals surface area contributed by atoms with E-state index in [2.05, 4.69) is 0 Å². The number of ketones is 1. The lowest BCUT2D eigenvalue weighted by Gasteiger charge is -2.46. The SMILES string of the molecule is O=C1C=C[C@]2(O)[C@H](CCN3C(=O)OC[C@@H]32)C1. The fourth-order valence-corrected chi connectivity index (χ4v) is 2.93. The molecule has 0 unspecified atom stereocenters. The zero-order chi connectivity index (χ0) is 11.3. The minimum absolute atomic E-state index is 0.0494. The minimum Gasteiger partial charge on any atom is -0.447 e. The van der Waals surface area contributed by atoms with Crippen LogP contribution in [0.1, 0.15) is 12.8 Å². The highest BCUT2D eigenvalue weighted by atomic mass is 16.6. The Hall–Kier alpha value is -1.36. The van der Waals surface area contributed by atoms with E-state index < -0.39 is 5.60 Å². The molecule has 0 aromatic heterocycles. The highest BCUT2D eigenvalue weighted by Crippen LogP contribution is 2.41. The Morgan fingerprint density at radius 2 is 2.31 bits per heavy atom. The summed E-state index contributed by atoms with van der Waals surface area (Å²) in [4.78, 5) is 24.3. The van der Waals surface area contributed by atoms with Crippen LogP contribution in [-0.4, -0.2) is 46.7 Å². The first-order valence-electron chi connectivity index (χ1n) is 5.49. The van der Waals surface area contributed by atoms with Crippen molar-refractivity contribution < 1.29 is 19.4 Å². The van der Waals surface area contributed by atoms with Gasteiger partial charge in [-0.15, -0.1) is 0 Å². The molecule has 1 amide bonds. The molecule has 2 fully saturated rings. The van der Waals surface area contributed by atoms with Crippen LogP contribution in [0.4, 0.5) is 4.79 Å². The molecule has 16 heavy (non-hydrogen) atoms. The third kappa shape index (κ3) is 1.15. The van der Waals surface area contributed by atoms with Crippen LogP contribution in [0.2, 0.25) is 0 Å². The highest BCUT2D eigenvalue weighted by molar-refractivity contribution is 5.91. The van der Waals surface area contributed by atoms with Crippen LogP contribution in [0, 0.1) is 5.92 Å². The Bertz CT molecular complexity index is 391. The second kappa shape index (κ2) is 3.07. The Morgan fingerprint density at radius 3 is 3.12 bits per heavy atom. The zero-order valence-corrected chi connectivity index (χ0v) is 8.76. The molecule has 0 bridgehead atoms. The summed E-state index contributed by atoms with van der Waals surface area (Å²) >= 11 is 0. The number of amides is 1. The topological polar surface area (TPSA) is 66.8 Å². The van der Waals surface area contributed by atoms with Crippen molar-refractivity contribution in [2.24, 2.45) is 5.92 Å². The molecule has 86 valence electrons. The lowest BCUT2D eigenvalue weighted by atomic mass is 9.70. The maximum atomic E-state index is 11.4. The summed E-state index contributed by atoms with van der Waals surface area (Å²) in [5, 5.41) is 10.6. The molecular weight excluding hydrogens is 210 g/mol. The van der Waals surface area contributed by atoms with E-state index in [0.717, 1.165) is 0 Å². The molecule has 5 heteroatoms. The Balaban J connectivity index is 1.98. The normalized spacial score (nSPS) is 41.7. The number of nitrogens with zero attached hydrogens (tertiary/aromatic N) is 1. The zero-order valence-electron chi connectivity index (χ0n) is 8.76. The summed E-state index contributed by atoms with van der Waals surface area (Å²) in [6.45, 7) is 0.780. The number of aliphatic hydroxyl groups is 1. The molecule has 3 atom stereocenters. The predicted octanol–water partition coefficient (Wildman–Crippen LogP) is 0.0872. The van der Waals surface area contributed by atoms with Gasteiger partial charge in [0.15, 0.2) is 5.78 Å².